The summed E-state index contributed by atoms with van der Waals surface area (Å²) in [6, 6.07) is 0. The van der Waals surface area contributed by atoms with Crippen molar-refractivity contribution < 1.29 is 0 Å². The Kier molecular flexibility index (Phi) is 3.21. The number of hydrogen-bond acceptors (Lipinski definition) is 4. The molecule has 5 heteroatoms. The summed E-state index contributed by atoms with van der Waals surface area (Å²) in [5.41, 5.74) is 0.141. The van der Waals surface area contributed by atoms with E-state index in [4.69, 9.17) is 0 Å². The molecule has 0 aliphatic carbocycles. The van der Waals surface area contributed by atoms with Crippen LogP contribution in [0.2, 0.25) is 0 Å². The van der Waals surface area contributed by atoms with Crippen LogP contribution in [0.25, 0.3) is 0 Å². The molecule has 0 atom stereocenters. The molecule has 1 aromatic rings. The first-order chi connectivity index (χ1) is 7.20. The molecule has 0 bridgehead atoms. The highest BCUT2D eigenvalue weighted by atomic mass is 79.9. The van der Waals surface area contributed by atoms with Gasteiger partial charge >= 0.3 is 0 Å². The number of anilines is 1. The average molecular weight is 271 g/mol. The van der Waals surface area contributed by atoms with Crippen LogP contribution in [-0.4, -0.2) is 28.6 Å². The van der Waals surface area contributed by atoms with Gasteiger partial charge in [-0.3, -0.25) is 0 Å². The number of rotatable bonds is 2. The lowest BCUT2D eigenvalue weighted by Gasteiger charge is -2.35. The third-order valence-corrected chi connectivity index (χ3v) is 3.38. The molecule has 0 aromatic carbocycles. The molecule has 1 aliphatic rings. The maximum absolute atomic E-state index is 4.23. The molecular formula is C10H15BrN4. The predicted molar refractivity (Wildman–Crippen MR) is 63.9 cm³/mol. The van der Waals surface area contributed by atoms with Gasteiger partial charge in [0.05, 0.1) is 4.47 Å². The molecule has 1 aromatic heterocycles. The lowest BCUT2D eigenvalue weighted by Crippen LogP contribution is -2.45. The highest BCUT2D eigenvalue weighted by Gasteiger charge is 2.27. The van der Waals surface area contributed by atoms with Crippen molar-refractivity contribution in [2.45, 2.75) is 25.3 Å². The van der Waals surface area contributed by atoms with Gasteiger partial charge in [-0.15, -0.1) is 0 Å². The Hall–Kier alpha value is -0.680. The molecule has 1 saturated heterocycles. The fourth-order valence-electron chi connectivity index (χ4n) is 1.79. The number of piperidine rings is 1. The van der Waals surface area contributed by atoms with Gasteiger partial charge < -0.3 is 10.6 Å². The minimum absolute atomic E-state index is 0.141. The molecule has 0 radical (unpaired) electrons. The highest BCUT2D eigenvalue weighted by molar-refractivity contribution is 9.10. The number of hydrogen-bond donors (Lipinski definition) is 2. The Morgan fingerprint density at radius 1 is 1.47 bits per heavy atom. The second-order valence-corrected chi connectivity index (χ2v) is 5.01. The van der Waals surface area contributed by atoms with Crippen LogP contribution in [-0.2, 0) is 0 Å². The van der Waals surface area contributed by atoms with Crippen LogP contribution in [0.15, 0.2) is 17.0 Å². The number of nitrogens with zero attached hydrogens (tertiary/aromatic N) is 2. The largest absolute Gasteiger partial charge is 0.364 e. The topological polar surface area (TPSA) is 49.8 Å². The molecule has 0 spiro atoms. The second-order valence-electron chi connectivity index (χ2n) is 4.15. The summed E-state index contributed by atoms with van der Waals surface area (Å²) in [7, 11) is 0. The van der Waals surface area contributed by atoms with Gasteiger partial charge in [0, 0.05) is 11.7 Å². The summed E-state index contributed by atoms with van der Waals surface area (Å²) in [4.78, 5) is 8.18. The third kappa shape index (κ3) is 2.66. The predicted octanol–water partition coefficient (Wildman–Crippen LogP) is 1.79. The van der Waals surface area contributed by atoms with Gasteiger partial charge in [0.1, 0.15) is 12.1 Å². The van der Waals surface area contributed by atoms with E-state index in [1.54, 1.807) is 12.5 Å². The van der Waals surface area contributed by atoms with Crippen LogP contribution in [0.1, 0.15) is 19.8 Å². The smallest absolute Gasteiger partial charge is 0.144 e. The van der Waals surface area contributed by atoms with Gasteiger partial charge in [-0.1, -0.05) is 0 Å². The lowest BCUT2D eigenvalue weighted by atomic mass is 9.91. The van der Waals surface area contributed by atoms with E-state index < -0.39 is 0 Å². The van der Waals surface area contributed by atoms with E-state index in [0.29, 0.717) is 0 Å². The van der Waals surface area contributed by atoms with Gasteiger partial charge in [-0.05, 0) is 48.8 Å². The van der Waals surface area contributed by atoms with E-state index in [1.165, 1.54) is 0 Å². The third-order valence-electron chi connectivity index (χ3n) is 2.79. The van der Waals surface area contributed by atoms with Gasteiger partial charge in [0.15, 0.2) is 0 Å². The quantitative estimate of drug-likeness (QED) is 0.861. The summed E-state index contributed by atoms with van der Waals surface area (Å²) >= 11 is 3.44. The SMILES string of the molecule is CC1(Nc2ncncc2Br)CCNCC1. The minimum Gasteiger partial charge on any atom is -0.364 e. The van der Waals surface area contributed by atoms with Crippen LogP contribution in [0, 0.1) is 0 Å². The molecule has 0 saturated carbocycles. The first-order valence-electron chi connectivity index (χ1n) is 5.14. The zero-order chi connectivity index (χ0) is 10.7. The summed E-state index contributed by atoms with van der Waals surface area (Å²) in [6.45, 7) is 4.36. The lowest BCUT2D eigenvalue weighted by molar-refractivity contribution is 0.364. The van der Waals surface area contributed by atoms with Gasteiger partial charge in [0.25, 0.3) is 0 Å². The molecule has 2 rings (SSSR count). The summed E-state index contributed by atoms with van der Waals surface area (Å²) in [5.74, 6) is 0.884. The Labute approximate surface area is 98.0 Å². The molecule has 82 valence electrons. The van der Waals surface area contributed by atoms with E-state index in [2.05, 4.69) is 43.5 Å². The Bertz CT molecular complexity index is 336. The summed E-state index contributed by atoms with van der Waals surface area (Å²) in [5, 5.41) is 6.84. The van der Waals surface area contributed by atoms with Gasteiger partial charge in [0.2, 0.25) is 0 Å². The number of aromatic nitrogens is 2. The fourth-order valence-corrected chi connectivity index (χ4v) is 2.11. The Morgan fingerprint density at radius 2 is 2.20 bits per heavy atom. The second kappa shape index (κ2) is 4.45. The molecule has 15 heavy (non-hydrogen) atoms. The number of nitrogens with one attached hydrogen (secondary N) is 2. The standard InChI is InChI=1S/C10H15BrN4/c1-10(2-4-12-5-3-10)15-9-8(11)6-13-7-14-9/h6-7,12H,2-5H2,1H3,(H,13,14,15). The van der Waals surface area contributed by atoms with Crippen molar-refractivity contribution in [2.24, 2.45) is 0 Å². The first-order valence-corrected chi connectivity index (χ1v) is 5.93. The Morgan fingerprint density at radius 3 is 2.87 bits per heavy atom. The van der Waals surface area contributed by atoms with Gasteiger partial charge in [-0.25, -0.2) is 9.97 Å². The van der Waals surface area contributed by atoms with Crippen molar-refractivity contribution in [3.05, 3.63) is 17.0 Å². The normalized spacial score (nSPS) is 19.9. The van der Waals surface area contributed by atoms with Crippen molar-refractivity contribution in [2.75, 3.05) is 18.4 Å². The molecule has 1 fully saturated rings. The van der Waals surface area contributed by atoms with Crippen LogP contribution in [0.3, 0.4) is 0 Å². The fraction of sp³-hybridized carbons (Fsp3) is 0.600. The molecule has 2 N–H and O–H groups in total. The number of halogens is 1. The van der Waals surface area contributed by atoms with Crippen LogP contribution < -0.4 is 10.6 Å². The van der Waals surface area contributed by atoms with E-state index in [1.807, 2.05) is 0 Å². The maximum atomic E-state index is 4.23. The average Bonchev–Trinajstić information content (AvgIpc) is 2.22. The van der Waals surface area contributed by atoms with Crippen LogP contribution >= 0.6 is 15.9 Å². The summed E-state index contributed by atoms with van der Waals surface area (Å²) in [6.07, 6.45) is 5.56. The van der Waals surface area contributed by atoms with Crippen molar-refractivity contribution >= 4 is 21.7 Å². The van der Waals surface area contributed by atoms with Crippen molar-refractivity contribution in [1.29, 1.82) is 0 Å². The molecule has 2 heterocycles. The first kappa shape index (κ1) is 10.8. The molecular weight excluding hydrogens is 256 g/mol. The van der Waals surface area contributed by atoms with Gasteiger partial charge in [-0.2, -0.15) is 0 Å². The highest BCUT2D eigenvalue weighted by Crippen LogP contribution is 2.26. The zero-order valence-corrected chi connectivity index (χ0v) is 10.3. The molecule has 0 amide bonds. The van der Waals surface area contributed by atoms with Crippen LogP contribution in [0.5, 0.6) is 0 Å². The Balaban J connectivity index is 2.10. The monoisotopic (exact) mass is 270 g/mol. The van der Waals surface area contributed by atoms with E-state index >= 15 is 0 Å². The van der Waals surface area contributed by atoms with Crippen molar-refractivity contribution in [3.8, 4) is 0 Å². The van der Waals surface area contributed by atoms with Crippen molar-refractivity contribution in [1.82, 2.24) is 15.3 Å². The van der Waals surface area contributed by atoms with Crippen LogP contribution in [0.4, 0.5) is 5.82 Å². The molecule has 1 aliphatic heterocycles. The maximum Gasteiger partial charge on any atom is 0.144 e. The van der Waals surface area contributed by atoms with E-state index in [0.717, 1.165) is 36.2 Å². The summed E-state index contributed by atoms with van der Waals surface area (Å²) < 4.78 is 0.921. The zero-order valence-electron chi connectivity index (χ0n) is 8.76. The van der Waals surface area contributed by atoms with Crippen molar-refractivity contribution in [3.63, 3.8) is 0 Å². The molecule has 0 unspecified atom stereocenters. The molecule has 4 nitrogen and oxygen atoms in total. The minimum atomic E-state index is 0.141. The van der Waals surface area contributed by atoms with E-state index in [9.17, 15) is 0 Å². The van der Waals surface area contributed by atoms with E-state index in [-0.39, 0.29) is 5.54 Å².